The van der Waals surface area contributed by atoms with Gasteiger partial charge in [0.2, 0.25) is 11.8 Å². The van der Waals surface area contributed by atoms with Crippen LogP contribution in [0.5, 0.6) is 0 Å². The van der Waals surface area contributed by atoms with Crippen molar-refractivity contribution in [1.29, 1.82) is 0 Å². The van der Waals surface area contributed by atoms with Crippen LogP contribution in [0.3, 0.4) is 0 Å². The first-order valence-electron chi connectivity index (χ1n) is 18.5. The fourth-order valence-corrected chi connectivity index (χ4v) is 4.87. The lowest BCUT2D eigenvalue weighted by molar-refractivity contribution is -0.125. The Morgan fingerprint density at radius 1 is 0.593 bits per heavy atom. The van der Waals surface area contributed by atoms with Crippen LogP contribution in [0.1, 0.15) is 50.3 Å². The van der Waals surface area contributed by atoms with Crippen LogP contribution in [0.15, 0.2) is 48.5 Å². The third-order valence-electron chi connectivity index (χ3n) is 7.45. The molecule has 0 bridgehead atoms. The summed E-state index contributed by atoms with van der Waals surface area (Å²) in [7, 11) is 0. The Morgan fingerprint density at radius 2 is 1.04 bits per heavy atom. The Bertz CT molecular complexity index is 1450. The van der Waals surface area contributed by atoms with Crippen LogP contribution in [0, 0.1) is 11.8 Å². The van der Waals surface area contributed by atoms with Crippen LogP contribution in [0.2, 0.25) is 0 Å². The number of fused-ring (bicyclic) bond motifs is 2. The maximum atomic E-state index is 13.3. The molecule has 3 amide bonds. The molecule has 0 aliphatic carbocycles. The summed E-state index contributed by atoms with van der Waals surface area (Å²) in [6.45, 7) is 12.6. The fourth-order valence-electron chi connectivity index (χ4n) is 4.87. The minimum Gasteiger partial charge on any atom is -0.444 e. The third-order valence-corrected chi connectivity index (χ3v) is 7.45. The maximum absolute atomic E-state index is 13.3. The zero-order valence-electron chi connectivity index (χ0n) is 32.0. The van der Waals surface area contributed by atoms with E-state index in [2.05, 4.69) is 22.5 Å². The number of hydrogen-bond donors (Lipinski definition) is 2. The van der Waals surface area contributed by atoms with E-state index >= 15 is 0 Å². The van der Waals surface area contributed by atoms with E-state index < -0.39 is 11.7 Å². The summed E-state index contributed by atoms with van der Waals surface area (Å²) >= 11 is 0. The summed E-state index contributed by atoms with van der Waals surface area (Å²) in [4.78, 5) is 38.9. The highest BCUT2D eigenvalue weighted by atomic mass is 16.6. The number of rotatable bonds is 27. The van der Waals surface area contributed by atoms with Gasteiger partial charge in [0.15, 0.2) is 0 Å². The molecule has 54 heavy (non-hydrogen) atoms. The number of hydrogen-bond acceptors (Lipinski definition) is 11. The van der Waals surface area contributed by atoms with Gasteiger partial charge in [-0.3, -0.25) is 9.59 Å². The second-order valence-corrected chi connectivity index (χ2v) is 13.0. The molecular formula is C40H57N3O11. The number of ether oxygens (including phenoxy) is 8. The van der Waals surface area contributed by atoms with Crippen molar-refractivity contribution in [2.24, 2.45) is 0 Å². The molecule has 1 heterocycles. The molecule has 14 nitrogen and oxygen atoms in total. The Balaban J connectivity index is 1.05. The minimum atomic E-state index is -0.522. The lowest BCUT2D eigenvalue weighted by Crippen LogP contribution is -2.34. The molecule has 2 aromatic carbocycles. The average Bonchev–Trinajstić information content (AvgIpc) is 3.14. The SMILES string of the molecule is CC(C)(C)OC(=O)NCCOCCOCCOCCOCCOCCOCCOCCNC(=O)CCC(=O)N1Cc2ccccc2C#Cc2ccccc21. The number of alkyl carbamates (subject to hydrolysis) is 1. The van der Waals surface area contributed by atoms with E-state index in [-0.39, 0.29) is 24.7 Å². The molecule has 14 heteroatoms. The largest absolute Gasteiger partial charge is 0.444 e. The van der Waals surface area contributed by atoms with Gasteiger partial charge in [-0.25, -0.2) is 4.79 Å². The average molecular weight is 756 g/mol. The number of amides is 3. The molecule has 0 aromatic heterocycles. The van der Waals surface area contributed by atoms with Crippen molar-refractivity contribution >= 4 is 23.6 Å². The van der Waals surface area contributed by atoms with Gasteiger partial charge in [0.1, 0.15) is 5.60 Å². The molecule has 2 aromatic rings. The standard InChI is InChI=1S/C40H57N3O11/c1-40(2,3)54-39(46)42-17-19-48-21-23-50-25-27-52-29-31-53-30-28-51-26-24-49-22-20-47-18-16-41-37(44)14-15-38(45)43-32-35-10-5-4-8-33(35)12-13-34-9-6-7-11-36(34)43/h4-11H,14-32H2,1-3H3,(H,41,44)(H,42,46). The quantitative estimate of drug-likeness (QED) is 0.102. The van der Waals surface area contributed by atoms with Crippen LogP contribution in [-0.4, -0.2) is 129 Å². The number of para-hydroxylation sites is 1. The Morgan fingerprint density at radius 3 is 1.57 bits per heavy atom. The van der Waals surface area contributed by atoms with Crippen molar-refractivity contribution in [2.45, 2.75) is 45.8 Å². The summed E-state index contributed by atoms with van der Waals surface area (Å²) in [5.41, 5.74) is 2.88. The van der Waals surface area contributed by atoms with E-state index in [0.29, 0.717) is 112 Å². The fraction of sp³-hybridized carbons (Fsp3) is 0.575. The van der Waals surface area contributed by atoms with E-state index in [1.54, 1.807) is 4.90 Å². The van der Waals surface area contributed by atoms with Gasteiger partial charge in [-0.05, 0) is 44.5 Å². The Hall–Kier alpha value is -4.07. The van der Waals surface area contributed by atoms with Gasteiger partial charge < -0.3 is 53.4 Å². The first-order valence-corrected chi connectivity index (χ1v) is 18.5. The van der Waals surface area contributed by atoms with Crippen LogP contribution >= 0.6 is 0 Å². The molecule has 1 aliphatic heterocycles. The molecule has 0 saturated heterocycles. The summed E-state index contributed by atoms with van der Waals surface area (Å²) in [5, 5.41) is 5.44. The number of anilines is 1. The molecule has 1 aliphatic rings. The third kappa shape index (κ3) is 19.8. The maximum Gasteiger partial charge on any atom is 0.407 e. The van der Waals surface area contributed by atoms with Gasteiger partial charge in [-0.15, -0.1) is 0 Å². The van der Waals surface area contributed by atoms with Gasteiger partial charge in [-0.2, -0.15) is 0 Å². The summed E-state index contributed by atoms with van der Waals surface area (Å²) < 4.78 is 43.5. The molecule has 3 rings (SSSR count). The summed E-state index contributed by atoms with van der Waals surface area (Å²) in [6.07, 6.45) is -0.291. The lowest BCUT2D eigenvalue weighted by Gasteiger charge is -2.26. The molecule has 0 spiro atoms. The van der Waals surface area contributed by atoms with Crippen LogP contribution in [0.4, 0.5) is 10.5 Å². The van der Waals surface area contributed by atoms with E-state index in [4.69, 9.17) is 37.9 Å². The van der Waals surface area contributed by atoms with Crippen molar-refractivity contribution in [3.63, 3.8) is 0 Å². The monoisotopic (exact) mass is 755 g/mol. The Labute approximate surface area is 319 Å². The van der Waals surface area contributed by atoms with E-state index in [1.165, 1.54) is 0 Å². The minimum absolute atomic E-state index is 0.0841. The van der Waals surface area contributed by atoms with Crippen LogP contribution in [-0.2, 0) is 54.0 Å². The molecule has 0 radical (unpaired) electrons. The van der Waals surface area contributed by atoms with Crippen molar-refractivity contribution in [3.05, 3.63) is 65.2 Å². The normalized spacial score (nSPS) is 12.1. The topological polar surface area (TPSA) is 152 Å². The number of benzene rings is 2. The van der Waals surface area contributed by atoms with Crippen LogP contribution < -0.4 is 15.5 Å². The number of nitrogens with zero attached hydrogens (tertiary/aromatic N) is 1. The first-order chi connectivity index (χ1) is 26.2. The number of carbonyl (C=O) groups excluding carboxylic acids is 3. The van der Waals surface area contributed by atoms with Gasteiger partial charge in [0.05, 0.1) is 105 Å². The molecule has 298 valence electrons. The molecule has 0 fully saturated rings. The second-order valence-electron chi connectivity index (χ2n) is 13.0. The predicted octanol–water partition coefficient (Wildman–Crippen LogP) is 3.47. The highest BCUT2D eigenvalue weighted by Gasteiger charge is 2.22. The van der Waals surface area contributed by atoms with Gasteiger partial charge in [0, 0.05) is 37.1 Å². The highest BCUT2D eigenvalue weighted by molar-refractivity contribution is 5.96. The van der Waals surface area contributed by atoms with Crippen molar-refractivity contribution in [1.82, 2.24) is 10.6 Å². The van der Waals surface area contributed by atoms with E-state index in [1.807, 2.05) is 69.3 Å². The van der Waals surface area contributed by atoms with Crippen molar-refractivity contribution in [2.75, 3.05) is 110 Å². The van der Waals surface area contributed by atoms with Crippen LogP contribution in [0.25, 0.3) is 0 Å². The smallest absolute Gasteiger partial charge is 0.407 e. The van der Waals surface area contributed by atoms with Gasteiger partial charge in [0.25, 0.3) is 0 Å². The lowest BCUT2D eigenvalue weighted by atomic mass is 10.0. The van der Waals surface area contributed by atoms with E-state index in [0.717, 1.165) is 22.4 Å². The summed E-state index contributed by atoms with van der Waals surface area (Å²) in [6, 6.07) is 15.4. The molecule has 2 N–H and O–H groups in total. The highest BCUT2D eigenvalue weighted by Crippen LogP contribution is 2.26. The number of carbonyl (C=O) groups is 3. The molecule has 0 unspecified atom stereocenters. The summed E-state index contributed by atoms with van der Waals surface area (Å²) in [5.74, 6) is 6.06. The van der Waals surface area contributed by atoms with Gasteiger partial charge >= 0.3 is 6.09 Å². The molecule has 0 saturated carbocycles. The second kappa shape index (κ2) is 26.7. The van der Waals surface area contributed by atoms with Gasteiger partial charge in [-0.1, -0.05) is 42.2 Å². The Kier molecular flexibility index (Phi) is 21.9. The number of nitrogens with one attached hydrogen (secondary N) is 2. The zero-order chi connectivity index (χ0) is 38.7. The van der Waals surface area contributed by atoms with Crippen molar-refractivity contribution in [3.8, 4) is 11.8 Å². The zero-order valence-corrected chi connectivity index (χ0v) is 32.0. The van der Waals surface area contributed by atoms with E-state index in [9.17, 15) is 14.4 Å². The predicted molar refractivity (Wildman–Crippen MR) is 202 cm³/mol. The van der Waals surface area contributed by atoms with Crippen molar-refractivity contribution < 1.29 is 52.3 Å². The molecule has 0 atom stereocenters. The first kappa shape index (κ1) is 44.3. The molecular weight excluding hydrogens is 698 g/mol.